The van der Waals surface area contributed by atoms with E-state index in [-0.39, 0.29) is 0 Å². The molecule has 0 radical (unpaired) electrons. The van der Waals surface area contributed by atoms with Crippen molar-refractivity contribution < 1.29 is 4.52 Å². The molecule has 2 N–H and O–H groups in total. The van der Waals surface area contributed by atoms with E-state index < -0.39 is 0 Å². The molecule has 0 saturated carbocycles. The van der Waals surface area contributed by atoms with Crippen molar-refractivity contribution in [1.29, 1.82) is 0 Å². The largest absolute Gasteiger partial charge is 0.335 e. The van der Waals surface area contributed by atoms with Crippen LogP contribution < -0.4 is 5.73 Å². The highest BCUT2D eigenvalue weighted by Crippen LogP contribution is 2.41. The Morgan fingerprint density at radius 1 is 1.45 bits per heavy atom. The van der Waals surface area contributed by atoms with Crippen molar-refractivity contribution in [2.45, 2.75) is 24.0 Å². The van der Waals surface area contributed by atoms with Crippen molar-refractivity contribution in [3.05, 3.63) is 18.3 Å². The van der Waals surface area contributed by atoms with E-state index in [0.717, 1.165) is 18.1 Å². The third-order valence-electron chi connectivity index (χ3n) is 3.12. The molecule has 2 unspecified atom stereocenters. The van der Waals surface area contributed by atoms with E-state index in [4.69, 9.17) is 10.3 Å². The van der Waals surface area contributed by atoms with Gasteiger partial charge >= 0.3 is 0 Å². The smallest absolute Gasteiger partial charge is 0.278 e. The van der Waals surface area contributed by atoms with Gasteiger partial charge in [0, 0.05) is 36.0 Å². The van der Waals surface area contributed by atoms with Crippen molar-refractivity contribution in [3.8, 4) is 11.6 Å². The molecular weight excluding hydrogens is 294 g/mol. The van der Waals surface area contributed by atoms with Gasteiger partial charge in [-0.15, -0.1) is 11.8 Å². The summed E-state index contributed by atoms with van der Waals surface area (Å²) in [7, 11) is 0. The summed E-state index contributed by atoms with van der Waals surface area (Å²) in [5.74, 6) is 3.59. The van der Waals surface area contributed by atoms with Crippen LogP contribution in [-0.2, 0) is 6.54 Å². The van der Waals surface area contributed by atoms with Crippen molar-refractivity contribution in [2.24, 2.45) is 5.73 Å². The summed E-state index contributed by atoms with van der Waals surface area (Å²) in [5, 5.41) is 4.94. The number of imidazole rings is 1. The van der Waals surface area contributed by atoms with E-state index in [1.807, 2.05) is 34.3 Å². The molecule has 0 aromatic carbocycles. The van der Waals surface area contributed by atoms with E-state index in [9.17, 15) is 0 Å². The van der Waals surface area contributed by atoms with Gasteiger partial charge in [0.25, 0.3) is 5.89 Å². The van der Waals surface area contributed by atoms with Crippen LogP contribution in [0.15, 0.2) is 17.0 Å². The van der Waals surface area contributed by atoms with Crippen LogP contribution in [0.1, 0.15) is 18.0 Å². The zero-order chi connectivity index (χ0) is 13.9. The normalized spacial score (nSPS) is 23.1. The molecule has 1 fully saturated rings. The summed E-state index contributed by atoms with van der Waals surface area (Å²) in [6.07, 6.45) is 3.62. The first-order chi connectivity index (χ1) is 9.78. The van der Waals surface area contributed by atoms with Crippen LogP contribution in [0.25, 0.3) is 11.6 Å². The molecule has 3 heterocycles. The number of hydrogen-bond donors (Lipinski definition) is 1. The van der Waals surface area contributed by atoms with E-state index in [2.05, 4.69) is 22.0 Å². The topological polar surface area (TPSA) is 82.8 Å². The van der Waals surface area contributed by atoms with E-state index in [1.54, 1.807) is 6.33 Å². The molecule has 1 aliphatic rings. The van der Waals surface area contributed by atoms with Crippen LogP contribution >= 0.6 is 23.5 Å². The van der Waals surface area contributed by atoms with Gasteiger partial charge in [-0.3, -0.25) is 0 Å². The van der Waals surface area contributed by atoms with Crippen LogP contribution in [0.2, 0.25) is 0 Å². The second-order valence-corrected chi connectivity index (χ2v) is 7.35. The number of rotatable bonds is 4. The Hall–Kier alpha value is -0.990. The maximum absolute atomic E-state index is 5.52. The lowest BCUT2D eigenvalue weighted by Gasteiger charge is -2.24. The van der Waals surface area contributed by atoms with Gasteiger partial charge in [0.05, 0.1) is 11.6 Å². The van der Waals surface area contributed by atoms with Crippen molar-refractivity contribution in [3.63, 3.8) is 0 Å². The predicted molar refractivity (Wildman–Crippen MR) is 81.7 cm³/mol. The lowest BCUT2D eigenvalue weighted by Crippen LogP contribution is -2.16. The molecule has 1 saturated heterocycles. The maximum atomic E-state index is 5.52. The average Bonchev–Trinajstić information content (AvgIpc) is 3.08. The first-order valence-electron chi connectivity index (χ1n) is 6.57. The first-order valence-corrected chi connectivity index (χ1v) is 8.66. The molecule has 0 spiro atoms. The fourth-order valence-corrected chi connectivity index (χ4v) is 4.79. The van der Waals surface area contributed by atoms with E-state index >= 15 is 0 Å². The summed E-state index contributed by atoms with van der Waals surface area (Å²) in [4.78, 5) is 8.79. The van der Waals surface area contributed by atoms with Gasteiger partial charge in [0.15, 0.2) is 5.82 Å². The molecule has 6 nitrogen and oxygen atoms in total. The maximum Gasteiger partial charge on any atom is 0.278 e. The van der Waals surface area contributed by atoms with E-state index in [1.165, 1.54) is 5.75 Å². The Bertz CT molecular complexity index is 570. The molecule has 2 aromatic heterocycles. The molecule has 108 valence electrons. The first kappa shape index (κ1) is 14.0. The van der Waals surface area contributed by atoms with Crippen LogP contribution in [0.4, 0.5) is 0 Å². The standard InChI is InChI=1S/C12H17N5OS2/c1-8-10(20-5-4-19-8)11-15-12(18-16-11)9-6-17(3-2-13)7-14-9/h6-8,10H,2-5,13H2,1H3. The SMILES string of the molecule is CC1SCCSC1c1noc(-c2cn(CCN)cn2)n1. The summed E-state index contributed by atoms with van der Waals surface area (Å²) in [6, 6.07) is 0. The van der Waals surface area contributed by atoms with Gasteiger partial charge in [-0.2, -0.15) is 16.7 Å². The van der Waals surface area contributed by atoms with Gasteiger partial charge in [-0.25, -0.2) is 4.98 Å². The van der Waals surface area contributed by atoms with Crippen LogP contribution in [0.3, 0.4) is 0 Å². The van der Waals surface area contributed by atoms with Gasteiger partial charge < -0.3 is 14.8 Å². The third-order valence-corrected chi connectivity index (χ3v) is 6.21. The molecule has 20 heavy (non-hydrogen) atoms. The summed E-state index contributed by atoms with van der Waals surface area (Å²) >= 11 is 3.86. The van der Waals surface area contributed by atoms with Gasteiger partial charge in [0.2, 0.25) is 0 Å². The fraction of sp³-hybridized carbons (Fsp3) is 0.583. The summed E-state index contributed by atoms with van der Waals surface area (Å²) in [5.41, 5.74) is 6.23. The lowest BCUT2D eigenvalue weighted by molar-refractivity contribution is 0.420. The molecule has 3 rings (SSSR count). The Labute approximate surface area is 125 Å². The minimum atomic E-state index is 0.303. The summed E-state index contributed by atoms with van der Waals surface area (Å²) in [6.45, 7) is 3.53. The number of aromatic nitrogens is 4. The van der Waals surface area contributed by atoms with Crippen molar-refractivity contribution in [1.82, 2.24) is 19.7 Å². The zero-order valence-corrected chi connectivity index (χ0v) is 12.9. The highest BCUT2D eigenvalue weighted by Gasteiger charge is 2.28. The van der Waals surface area contributed by atoms with Crippen molar-refractivity contribution in [2.75, 3.05) is 18.1 Å². The molecule has 1 aliphatic heterocycles. The van der Waals surface area contributed by atoms with Gasteiger partial charge in [0.1, 0.15) is 5.69 Å². The second-order valence-electron chi connectivity index (χ2n) is 4.61. The number of nitrogens with two attached hydrogens (primary N) is 1. The van der Waals surface area contributed by atoms with Gasteiger partial charge in [-0.05, 0) is 0 Å². The highest BCUT2D eigenvalue weighted by molar-refractivity contribution is 8.06. The monoisotopic (exact) mass is 311 g/mol. The molecule has 0 aliphatic carbocycles. The fourth-order valence-electron chi connectivity index (χ4n) is 2.11. The zero-order valence-electron chi connectivity index (χ0n) is 11.2. The second kappa shape index (κ2) is 6.19. The number of thioether (sulfide) groups is 2. The Balaban J connectivity index is 1.78. The summed E-state index contributed by atoms with van der Waals surface area (Å²) < 4.78 is 7.28. The van der Waals surface area contributed by atoms with Crippen molar-refractivity contribution >= 4 is 23.5 Å². The highest BCUT2D eigenvalue weighted by atomic mass is 32.2. The molecule has 0 bridgehead atoms. The Kier molecular flexibility index (Phi) is 4.32. The van der Waals surface area contributed by atoms with Crippen LogP contribution in [-0.4, -0.2) is 43.0 Å². The minimum Gasteiger partial charge on any atom is -0.335 e. The minimum absolute atomic E-state index is 0.303. The Morgan fingerprint density at radius 3 is 3.10 bits per heavy atom. The molecule has 2 atom stereocenters. The van der Waals surface area contributed by atoms with Crippen LogP contribution in [0, 0.1) is 0 Å². The van der Waals surface area contributed by atoms with Crippen LogP contribution in [0.5, 0.6) is 0 Å². The van der Waals surface area contributed by atoms with Gasteiger partial charge in [-0.1, -0.05) is 12.1 Å². The van der Waals surface area contributed by atoms with E-state index in [0.29, 0.717) is 28.6 Å². The predicted octanol–water partition coefficient (Wildman–Crippen LogP) is 1.80. The third kappa shape index (κ3) is 2.87. The Morgan fingerprint density at radius 2 is 2.30 bits per heavy atom. The molecular formula is C12H17N5OS2. The average molecular weight is 311 g/mol. The quantitative estimate of drug-likeness (QED) is 0.921. The molecule has 8 heteroatoms. The molecule has 2 aromatic rings. The number of nitrogens with zero attached hydrogens (tertiary/aromatic N) is 4. The molecule has 0 amide bonds. The lowest BCUT2D eigenvalue weighted by atomic mass is 10.3. The number of hydrogen-bond acceptors (Lipinski definition) is 7.